The lowest BCUT2D eigenvalue weighted by molar-refractivity contribution is 0.102. The second-order valence-corrected chi connectivity index (χ2v) is 4.74. The van der Waals surface area contributed by atoms with E-state index in [0.29, 0.717) is 33.3 Å². The molecule has 0 spiro atoms. The molecule has 2 aromatic carbocycles. The van der Waals surface area contributed by atoms with Crippen LogP contribution in [0.2, 0.25) is 5.02 Å². The van der Waals surface area contributed by atoms with E-state index in [4.69, 9.17) is 26.3 Å². The predicted molar refractivity (Wildman–Crippen MR) is 83.7 cm³/mol. The van der Waals surface area contributed by atoms with E-state index in [1.807, 2.05) is 6.07 Å². The van der Waals surface area contributed by atoms with Crippen molar-refractivity contribution in [1.29, 1.82) is 5.26 Å². The molecule has 112 valence electrons. The Bertz CT molecular complexity index is 736. The number of nitriles is 1. The number of carbonyl (C=O) groups excluding carboxylic acids is 1. The van der Waals surface area contributed by atoms with Crippen molar-refractivity contribution in [2.75, 3.05) is 19.5 Å². The number of carbonyl (C=O) groups is 1. The van der Waals surface area contributed by atoms with E-state index >= 15 is 0 Å². The normalized spacial score (nSPS) is 9.73. The molecule has 0 aliphatic carbocycles. The van der Waals surface area contributed by atoms with E-state index in [0.717, 1.165) is 0 Å². The first-order chi connectivity index (χ1) is 10.6. The number of hydrogen-bond donors (Lipinski definition) is 1. The summed E-state index contributed by atoms with van der Waals surface area (Å²) in [5, 5.41) is 11.8. The van der Waals surface area contributed by atoms with E-state index in [1.54, 1.807) is 36.4 Å². The predicted octanol–water partition coefficient (Wildman–Crippen LogP) is 3.48. The molecule has 0 heterocycles. The molecule has 1 amide bonds. The van der Waals surface area contributed by atoms with Gasteiger partial charge in [-0.2, -0.15) is 5.26 Å². The summed E-state index contributed by atoms with van der Waals surface area (Å²) in [4.78, 5) is 12.2. The van der Waals surface area contributed by atoms with E-state index in [-0.39, 0.29) is 5.91 Å². The van der Waals surface area contributed by atoms with Crippen molar-refractivity contribution >= 4 is 23.2 Å². The van der Waals surface area contributed by atoms with Gasteiger partial charge in [0.1, 0.15) is 0 Å². The van der Waals surface area contributed by atoms with Crippen LogP contribution in [0.25, 0.3) is 0 Å². The van der Waals surface area contributed by atoms with Crippen LogP contribution in [-0.4, -0.2) is 20.1 Å². The van der Waals surface area contributed by atoms with Crippen LogP contribution in [0, 0.1) is 11.3 Å². The topological polar surface area (TPSA) is 71.3 Å². The minimum Gasteiger partial charge on any atom is -0.493 e. The van der Waals surface area contributed by atoms with Crippen LogP contribution in [0.3, 0.4) is 0 Å². The number of nitrogens with one attached hydrogen (secondary N) is 1. The molecule has 0 bridgehead atoms. The van der Waals surface area contributed by atoms with Gasteiger partial charge >= 0.3 is 0 Å². The number of rotatable bonds is 4. The molecular weight excluding hydrogens is 304 g/mol. The van der Waals surface area contributed by atoms with Gasteiger partial charge in [-0.1, -0.05) is 11.6 Å². The van der Waals surface area contributed by atoms with Crippen molar-refractivity contribution in [3.63, 3.8) is 0 Å². The molecule has 2 rings (SSSR count). The zero-order chi connectivity index (χ0) is 16.1. The number of benzene rings is 2. The quantitative estimate of drug-likeness (QED) is 0.937. The number of anilines is 1. The van der Waals surface area contributed by atoms with E-state index in [9.17, 15) is 4.79 Å². The highest BCUT2D eigenvalue weighted by atomic mass is 35.5. The maximum Gasteiger partial charge on any atom is 0.255 e. The highest BCUT2D eigenvalue weighted by Gasteiger charge is 2.13. The lowest BCUT2D eigenvalue weighted by Crippen LogP contribution is -2.12. The fourth-order valence-electron chi connectivity index (χ4n) is 1.84. The average Bonchev–Trinajstić information content (AvgIpc) is 2.56. The molecule has 0 saturated heterocycles. The van der Waals surface area contributed by atoms with Crippen molar-refractivity contribution in [1.82, 2.24) is 0 Å². The summed E-state index contributed by atoms with van der Waals surface area (Å²) in [6.45, 7) is 0. The highest BCUT2D eigenvalue weighted by molar-refractivity contribution is 6.34. The van der Waals surface area contributed by atoms with Crippen molar-refractivity contribution in [3.8, 4) is 17.6 Å². The third kappa shape index (κ3) is 3.30. The summed E-state index contributed by atoms with van der Waals surface area (Å²) in [5.41, 5.74) is 1.32. The molecule has 5 nitrogen and oxygen atoms in total. The maximum absolute atomic E-state index is 12.2. The second kappa shape index (κ2) is 6.83. The molecule has 0 aliphatic rings. The average molecular weight is 317 g/mol. The van der Waals surface area contributed by atoms with Gasteiger partial charge in [-0.3, -0.25) is 4.79 Å². The molecule has 2 aromatic rings. The summed E-state index contributed by atoms with van der Waals surface area (Å²) in [6, 6.07) is 11.4. The maximum atomic E-state index is 12.2. The van der Waals surface area contributed by atoms with Gasteiger partial charge < -0.3 is 14.8 Å². The first-order valence-corrected chi connectivity index (χ1v) is 6.70. The molecule has 0 radical (unpaired) electrons. The van der Waals surface area contributed by atoms with Gasteiger partial charge in [-0.25, -0.2) is 0 Å². The summed E-state index contributed by atoms with van der Waals surface area (Å²) < 4.78 is 10.3. The third-order valence-electron chi connectivity index (χ3n) is 3.00. The Kier molecular flexibility index (Phi) is 4.87. The van der Waals surface area contributed by atoms with Gasteiger partial charge in [0, 0.05) is 17.7 Å². The third-order valence-corrected chi connectivity index (χ3v) is 3.31. The Morgan fingerprint density at radius 3 is 2.27 bits per heavy atom. The van der Waals surface area contributed by atoms with Gasteiger partial charge in [-0.05, 0) is 24.3 Å². The molecule has 0 unspecified atom stereocenters. The van der Waals surface area contributed by atoms with E-state index < -0.39 is 0 Å². The van der Waals surface area contributed by atoms with E-state index in [2.05, 4.69) is 5.32 Å². The number of amides is 1. The Labute approximate surface area is 133 Å². The number of halogens is 1. The van der Waals surface area contributed by atoms with Gasteiger partial charge in [-0.15, -0.1) is 0 Å². The molecule has 0 fully saturated rings. The molecule has 0 saturated carbocycles. The molecule has 0 atom stereocenters. The lowest BCUT2D eigenvalue weighted by Gasteiger charge is -2.12. The molecule has 6 heteroatoms. The molecule has 1 N–H and O–H groups in total. The van der Waals surface area contributed by atoms with Gasteiger partial charge in [0.25, 0.3) is 5.91 Å². The van der Waals surface area contributed by atoms with Crippen LogP contribution in [0.1, 0.15) is 15.9 Å². The van der Waals surface area contributed by atoms with Crippen LogP contribution in [0.4, 0.5) is 5.69 Å². The minimum atomic E-state index is -0.335. The van der Waals surface area contributed by atoms with Crippen LogP contribution in [0.5, 0.6) is 11.5 Å². The number of hydrogen-bond acceptors (Lipinski definition) is 4. The SMILES string of the molecule is COc1cc(Cl)c(NC(=O)c2ccc(C#N)cc2)cc1OC. The van der Waals surface area contributed by atoms with Gasteiger partial charge in [0.05, 0.1) is 36.6 Å². The fraction of sp³-hybridized carbons (Fsp3) is 0.125. The smallest absolute Gasteiger partial charge is 0.255 e. The van der Waals surface area contributed by atoms with Crippen LogP contribution in [0.15, 0.2) is 36.4 Å². The first kappa shape index (κ1) is 15.7. The first-order valence-electron chi connectivity index (χ1n) is 6.32. The number of nitrogens with zero attached hydrogens (tertiary/aromatic N) is 1. The lowest BCUT2D eigenvalue weighted by atomic mass is 10.1. The fourth-order valence-corrected chi connectivity index (χ4v) is 2.04. The van der Waals surface area contributed by atoms with Crippen molar-refractivity contribution < 1.29 is 14.3 Å². The summed E-state index contributed by atoms with van der Waals surface area (Å²) in [6.07, 6.45) is 0. The number of ether oxygens (including phenoxy) is 2. The van der Waals surface area contributed by atoms with Crippen molar-refractivity contribution in [3.05, 3.63) is 52.5 Å². The largest absolute Gasteiger partial charge is 0.493 e. The van der Waals surface area contributed by atoms with Crippen molar-refractivity contribution in [2.45, 2.75) is 0 Å². The van der Waals surface area contributed by atoms with Crippen LogP contribution < -0.4 is 14.8 Å². The molecule has 0 aromatic heterocycles. The standard InChI is InChI=1S/C16H13ClN2O3/c1-21-14-7-12(17)13(8-15(14)22-2)19-16(20)11-5-3-10(9-18)4-6-11/h3-8H,1-2H3,(H,19,20). The highest BCUT2D eigenvalue weighted by Crippen LogP contribution is 2.36. The van der Waals surface area contributed by atoms with Gasteiger partial charge in [0.2, 0.25) is 0 Å². The Morgan fingerprint density at radius 2 is 1.73 bits per heavy atom. The van der Waals surface area contributed by atoms with Crippen LogP contribution in [-0.2, 0) is 0 Å². The molecule has 0 aliphatic heterocycles. The molecular formula is C16H13ClN2O3. The Hall–Kier alpha value is -2.71. The zero-order valence-corrected chi connectivity index (χ0v) is 12.8. The monoisotopic (exact) mass is 316 g/mol. The van der Waals surface area contributed by atoms with E-state index in [1.165, 1.54) is 14.2 Å². The minimum absolute atomic E-state index is 0.333. The summed E-state index contributed by atoms with van der Waals surface area (Å²) >= 11 is 6.12. The summed E-state index contributed by atoms with van der Waals surface area (Å²) in [5.74, 6) is 0.601. The summed E-state index contributed by atoms with van der Waals surface area (Å²) in [7, 11) is 3.00. The molecule has 22 heavy (non-hydrogen) atoms. The Balaban J connectivity index is 2.26. The second-order valence-electron chi connectivity index (χ2n) is 4.33. The Morgan fingerprint density at radius 1 is 1.14 bits per heavy atom. The zero-order valence-electron chi connectivity index (χ0n) is 12.0. The van der Waals surface area contributed by atoms with Crippen molar-refractivity contribution in [2.24, 2.45) is 0 Å². The van der Waals surface area contributed by atoms with Crippen LogP contribution >= 0.6 is 11.6 Å². The number of methoxy groups -OCH3 is 2. The van der Waals surface area contributed by atoms with Gasteiger partial charge in [0.15, 0.2) is 11.5 Å².